The third-order valence-corrected chi connectivity index (χ3v) is 4.25. The number of hydrogen-bond donors (Lipinski definition) is 0. The molecule has 0 radical (unpaired) electrons. The molecule has 0 aliphatic heterocycles. The summed E-state index contributed by atoms with van der Waals surface area (Å²) in [5, 5.41) is 0.646. The van der Waals surface area contributed by atoms with Gasteiger partial charge in [0.15, 0.2) is 4.80 Å². The summed E-state index contributed by atoms with van der Waals surface area (Å²) in [4.78, 5) is 22.8. The molecule has 106 valence electrons. The fraction of sp³-hybridized carbons (Fsp3) is 0.188. The molecule has 0 aliphatic rings. The second kappa shape index (κ2) is 5.61. The van der Waals surface area contributed by atoms with Crippen molar-refractivity contribution >= 4 is 27.2 Å². The minimum Gasteiger partial charge on any atom is -0.284 e. The van der Waals surface area contributed by atoms with Crippen LogP contribution in [0.5, 0.6) is 0 Å². The fourth-order valence-electron chi connectivity index (χ4n) is 2.10. The summed E-state index contributed by atoms with van der Waals surface area (Å²) >= 11 is 1.44. The summed E-state index contributed by atoms with van der Waals surface area (Å²) in [6.45, 7) is 4.57. The average Bonchev–Trinajstić information content (AvgIpc) is 2.50. The van der Waals surface area contributed by atoms with E-state index in [1.807, 2.05) is 44.2 Å². The molecule has 0 fully saturated rings. The van der Waals surface area contributed by atoms with Crippen LogP contribution in [-0.2, 0) is 6.54 Å². The highest BCUT2D eigenvalue weighted by molar-refractivity contribution is 7.15. The number of benzene rings is 1. The number of hydrogen-bond acceptors (Lipinski definition) is 4. The quantitative estimate of drug-likeness (QED) is 0.730. The van der Waals surface area contributed by atoms with Gasteiger partial charge in [-0.3, -0.25) is 9.36 Å². The van der Waals surface area contributed by atoms with E-state index in [2.05, 4.69) is 9.98 Å². The highest BCUT2D eigenvalue weighted by atomic mass is 32.1. The Kier molecular flexibility index (Phi) is 3.66. The number of aryl methyl sites for hydroxylation is 1. The zero-order valence-corrected chi connectivity index (χ0v) is 12.7. The first-order valence-corrected chi connectivity index (χ1v) is 7.61. The lowest BCUT2D eigenvalue weighted by Crippen LogP contribution is -2.31. The third kappa shape index (κ3) is 2.64. The molecule has 4 nitrogen and oxygen atoms in total. The highest BCUT2D eigenvalue weighted by Crippen LogP contribution is 2.13. The monoisotopic (exact) mass is 297 g/mol. The summed E-state index contributed by atoms with van der Waals surface area (Å²) in [5.41, 5.74) is 1.99. The first-order chi connectivity index (χ1) is 10.2. The van der Waals surface area contributed by atoms with Crippen molar-refractivity contribution in [2.24, 2.45) is 4.99 Å². The van der Waals surface area contributed by atoms with E-state index >= 15 is 0 Å². The van der Waals surface area contributed by atoms with Crippen molar-refractivity contribution in [2.45, 2.75) is 20.4 Å². The van der Waals surface area contributed by atoms with Gasteiger partial charge in [-0.05, 0) is 38.1 Å². The van der Waals surface area contributed by atoms with Gasteiger partial charge in [0.25, 0.3) is 5.56 Å². The summed E-state index contributed by atoms with van der Waals surface area (Å²) < 4.78 is 1.69. The topological polar surface area (TPSA) is 47.2 Å². The van der Waals surface area contributed by atoms with Gasteiger partial charge in [0, 0.05) is 12.7 Å². The summed E-state index contributed by atoms with van der Waals surface area (Å²) in [6.07, 6.45) is 1.70. The molecule has 0 saturated heterocycles. The standard InChI is InChI=1S/C16H15N3OS/c1-3-19-15(20)13-5-4-10-17-14(13)21-16(19)18-12-8-6-11(2)7-9-12/h4-10H,3H2,1-2H3/b18-16-. The fourth-order valence-corrected chi connectivity index (χ4v) is 3.13. The Bertz CT molecular complexity index is 907. The van der Waals surface area contributed by atoms with Crippen molar-refractivity contribution in [1.82, 2.24) is 9.55 Å². The van der Waals surface area contributed by atoms with Gasteiger partial charge >= 0.3 is 0 Å². The molecule has 0 bridgehead atoms. The molecule has 21 heavy (non-hydrogen) atoms. The SMILES string of the molecule is CCn1c(=O)c2cccnc2s/c1=N\c1ccc(C)cc1. The van der Waals surface area contributed by atoms with E-state index < -0.39 is 0 Å². The number of rotatable bonds is 2. The van der Waals surface area contributed by atoms with Crippen LogP contribution in [-0.4, -0.2) is 9.55 Å². The van der Waals surface area contributed by atoms with Crippen LogP contribution >= 0.6 is 11.3 Å². The Labute approximate surface area is 126 Å². The molecule has 3 aromatic rings. The minimum absolute atomic E-state index is 0.0368. The Morgan fingerprint density at radius 1 is 1.24 bits per heavy atom. The van der Waals surface area contributed by atoms with Gasteiger partial charge in [-0.1, -0.05) is 29.0 Å². The Balaban J connectivity index is 2.31. The van der Waals surface area contributed by atoms with Gasteiger partial charge in [-0.15, -0.1) is 0 Å². The van der Waals surface area contributed by atoms with Crippen molar-refractivity contribution in [3.63, 3.8) is 0 Å². The molecule has 0 N–H and O–H groups in total. The number of aromatic nitrogens is 2. The Hall–Kier alpha value is -2.27. The van der Waals surface area contributed by atoms with Gasteiger partial charge in [0.05, 0.1) is 11.1 Å². The molecule has 0 unspecified atom stereocenters. The van der Waals surface area contributed by atoms with E-state index in [1.54, 1.807) is 16.8 Å². The zero-order chi connectivity index (χ0) is 14.8. The molecular weight excluding hydrogens is 282 g/mol. The van der Waals surface area contributed by atoms with Crippen LogP contribution in [0.4, 0.5) is 5.69 Å². The van der Waals surface area contributed by atoms with Gasteiger partial charge < -0.3 is 0 Å². The molecular formula is C16H15N3OS. The maximum Gasteiger partial charge on any atom is 0.263 e. The van der Waals surface area contributed by atoms with Crippen LogP contribution in [0, 0.1) is 6.92 Å². The number of nitrogens with zero attached hydrogens (tertiary/aromatic N) is 3. The smallest absolute Gasteiger partial charge is 0.263 e. The summed E-state index contributed by atoms with van der Waals surface area (Å²) in [6, 6.07) is 11.5. The normalized spacial score (nSPS) is 12.0. The first kappa shape index (κ1) is 13.7. The Morgan fingerprint density at radius 2 is 2.00 bits per heavy atom. The first-order valence-electron chi connectivity index (χ1n) is 6.79. The van der Waals surface area contributed by atoms with Crippen molar-refractivity contribution in [1.29, 1.82) is 0 Å². The molecule has 0 spiro atoms. The summed E-state index contributed by atoms with van der Waals surface area (Å²) in [5.74, 6) is 0. The molecule has 2 heterocycles. The number of pyridine rings is 1. The highest BCUT2D eigenvalue weighted by Gasteiger charge is 2.06. The van der Waals surface area contributed by atoms with E-state index in [1.165, 1.54) is 16.9 Å². The van der Waals surface area contributed by atoms with E-state index in [9.17, 15) is 4.79 Å². The lowest BCUT2D eigenvalue weighted by molar-refractivity contribution is 0.708. The van der Waals surface area contributed by atoms with Crippen molar-refractivity contribution < 1.29 is 0 Å². The zero-order valence-electron chi connectivity index (χ0n) is 11.9. The van der Waals surface area contributed by atoms with E-state index in [4.69, 9.17) is 0 Å². The van der Waals surface area contributed by atoms with E-state index in [0.29, 0.717) is 16.7 Å². The van der Waals surface area contributed by atoms with Crippen LogP contribution in [0.2, 0.25) is 0 Å². The molecule has 0 saturated carbocycles. The van der Waals surface area contributed by atoms with Crippen LogP contribution in [0.1, 0.15) is 12.5 Å². The third-order valence-electron chi connectivity index (χ3n) is 3.24. The second-order valence-electron chi connectivity index (χ2n) is 4.74. The maximum atomic E-state index is 12.5. The molecule has 5 heteroatoms. The summed E-state index contributed by atoms with van der Waals surface area (Å²) in [7, 11) is 0. The second-order valence-corrected chi connectivity index (χ2v) is 5.69. The predicted octanol–water partition coefficient (Wildman–Crippen LogP) is 3.02. The minimum atomic E-state index is -0.0368. The molecule has 3 rings (SSSR count). The van der Waals surface area contributed by atoms with Crippen molar-refractivity contribution in [3.8, 4) is 0 Å². The largest absolute Gasteiger partial charge is 0.284 e. The predicted molar refractivity (Wildman–Crippen MR) is 86.0 cm³/mol. The molecule has 1 aromatic carbocycles. The molecule has 0 aliphatic carbocycles. The van der Waals surface area contributed by atoms with E-state index in [0.717, 1.165) is 10.5 Å². The molecule has 0 amide bonds. The molecule has 0 atom stereocenters. The van der Waals surface area contributed by atoms with Crippen LogP contribution in [0.15, 0.2) is 52.4 Å². The number of fused-ring (bicyclic) bond motifs is 1. The lowest BCUT2D eigenvalue weighted by atomic mass is 10.2. The van der Waals surface area contributed by atoms with Crippen LogP contribution < -0.4 is 10.4 Å². The van der Waals surface area contributed by atoms with Gasteiger partial charge in [0.1, 0.15) is 4.83 Å². The van der Waals surface area contributed by atoms with Gasteiger partial charge in [-0.2, -0.15) is 0 Å². The van der Waals surface area contributed by atoms with Crippen molar-refractivity contribution in [2.75, 3.05) is 0 Å². The van der Waals surface area contributed by atoms with Gasteiger partial charge in [-0.25, -0.2) is 9.98 Å². The van der Waals surface area contributed by atoms with E-state index in [-0.39, 0.29) is 5.56 Å². The van der Waals surface area contributed by atoms with Crippen molar-refractivity contribution in [3.05, 3.63) is 63.3 Å². The molecule has 2 aromatic heterocycles. The maximum absolute atomic E-state index is 12.5. The van der Waals surface area contributed by atoms with Crippen LogP contribution in [0.25, 0.3) is 10.2 Å². The lowest BCUT2D eigenvalue weighted by Gasteiger charge is -2.04. The average molecular weight is 297 g/mol. The Morgan fingerprint density at radius 3 is 2.71 bits per heavy atom. The van der Waals surface area contributed by atoms with Crippen LogP contribution in [0.3, 0.4) is 0 Å². The van der Waals surface area contributed by atoms with Gasteiger partial charge in [0.2, 0.25) is 0 Å².